The molecule has 3 aliphatic heterocycles. The van der Waals surface area contributed by atoms with Crippen molar-refractivity contribution in [1.29, 1.82) is 0 Å². The average molecular weight is 361 g/mol. The maximum atomic E-state index is 12.8. The summed E-state index contributed by atoms with van der Waals surface area (Å²) in [6.45, 7) is 4.76. The van der Waals surface area contributed by atoms with Crippen LogP contribution in [0.2, 0.25) is 0 Å². The number of nitrogens with one attached hydrogen (secondary N) is 1. The Morgan fingerprint density at radius 3 is 2.73 bits per heavy atom. The van der Waals surface area contributed by atoms with Crippen LogP contribution >= 0.6 is 0 Å². The second-order valence-corrected chi connectivity index (χ2v) is 6.79. The summed E-state index contributed by atoms with van der Waals surface area (Å²) in [5, 5.41) is 0. The molecule has 26 heavy (non-hydrogen) atoms. The van der Waals surface area contributed by atoms with E-state index in [1.165, 1.54) is 4.90 Å². The summed E-state index contributed by atoms with van der Waals surface area (Å²) in [6, 6.07) is -0.384. The molecule has 2 saturated heterocycles. The van der Waals surface area contributed by atoms with Crippen LogP contribution in [-0.2, 0) is 4.74 Å². The van der Waals surface area contributed by atoms with Gasteiger partial charge in [-0.3, -0.25) is 14.5 Å². The fourth-order valence-electron chi connectivity index (χ4n) is 3.99. The average Bonchev–Trinajstić information content (AvgIpc) is 2.68. The van der Waals surface area contributed by atoms with Gasteiger partial charge in [-0.25, -0.2) is 9.78 Å². The maximum Gasteiger partial charge on any atom is 0.326 e. The van der Waals surface area contributed by atoms with Crippen molar-refractivity contribution < 1.29 is 14.3 Å². The van der Waals surface area contributed by atoms with Crippen LogP contribution < -0.4 is 10.5 Å². The molecule has 0 aliphatic carbocycles. The van der Waals surface area contributed by atoms with Gasteiger partial charge in [0.1, 0.15) is 5.82 Å². The highest BCUT2D eigenvalue weighted by Crippen LogP contribution is 2.38. The molecule has 0 aromatic carbocycles. The van der Waals surface area contributed by atoms with Crippen molar-refractivity contribution in [3.8, 4) is 0 Å². The first-order valence-corrected chi connectivity index (χ1v) is 9.21. The third-order valence-electron chi connectivity index (χ3n) is 5.32. The fourth-order valence-corrected chi connectivity index (χ4v) is 3.99. The molecule has 0 spiro atoms. The predicted molar refractivity (Wildman–Crippen MR) is 93.3 cm³/mol. The van der Waals surface area contributed by atoms with Gasteiger partial charge in [0.25, 0.3) is 11.5 Å². The highest BCUT2D eigenvalue weighted by molar-refractivity contribution is 5.96. The third-order valence-corrected chi connectivity index (χ3v) is 5.32. The van der Waals surface area contributed by atoms with Crippen LogP contribution in [0.4, 0.5) is 10.6 Å². The molecule has 2 fully saturated rings. The molecule has 9 nitrogen and oxygen atoms in total. The number of nitrogens with zero attached hydrogens (tertiary/aromatic N) is 4. The number of aromatic amines is 1. The van der Waals surface area contributed by atoms with E-state index >= 15 is 0 Å². The van der Waals surface area contributed by atoms with Crippen LogP contribution in [0.25, 0.3) is 0 Å². The Kier molecular flexibility index (Phi) is 4.39. The lowest BCUT2D eigenvalue weighted by Crippen LogP contribution is -2.53. The zero-order chi connectivity index (χ0) is 18.3. The van der Waals surface area contributed by atoms with Gasteiger partial charge < -0.3 is 19.5 Å². The summed E-state index contributed by atoms with van der Waals surface area (Å²) in [4.78, 5) is 50.4. The Balaban J connectivity index is 1.77. The van der Waals surface area contributed by atoms with Crippen LogP contribution in [-0.4, -0.2) is 71.1 Å². The Bertz CT molecular complexity index is 786. The van der Waals surface area contributed by atoms with Gasteiger partial charge in [-0.2, -0.15) is 0 Å². The van der Waals surface area contributed by atoms with Crippen LogP contribution in [0, 0.1) is 0 Å². The lowest BCUT2D eigenvalue weighted by molar-refractivity contribution is 0.0294. The maximum absolute atomic E-state index is 12.8. The molecule has 0 bridgehead atoms. The number of anilines is 1. The minimum Gasteiger partial charge on any atom is -0.378 e. The Labute approximate surface area is 150 Å². The smallest absolute Gasteiger partial charge is 0.326 e. The predicted octanol–water partition coefficient (Wildman–Crippen LogP) is 0.729. The van der Waals surface area contributed by atoms with Crippen molar-refractivity contribution >= 4 is 17.8 Å². The third kappa shape index (κ3) is 2.66. The van der Waals surface area contributed by atoms with Gasteiger partial charge in [-0.1, -0.05) is 0 Å². The Morgan fingerprint density at radius 2 is 2.00 bits per heavy atom. The fraction of sp³-hybridized carbons (Fsp3) is 0.647. The number of amides is 3. The minimum absolute atomic E-state index is 0.00819. The molecule has 9 heteroatoms. The molecular formula is C17H23N5O4. The van der Waals surface area contributed by atoms with Gasteiger partial charge in [0, 0.05) is 26.2 Å². The minimum atomic E-state index is -0.331. The van der Waals surface area contributed by atoms with Crippen molar-refractivity contribution in [3.63, 3.8) is 0 Å². The zero-order valence-corrected chi connectivity index (χ0v) is 14.9. The number of hydrogen-bond acceptors (Lipinski definition) is 5. The number of carbonyl (C=O) groups excluding carboxylic acids is 2. The van der Waals surface area contributed by atoms with Crippen molar-refractivity contribution in [1.82, 2.24) is 19.8 Å². The van der Waals surface area contributed by atoms with Crippen molar-refractivity contribution in [3.05, 3.63) is 21.7 Å². The molecule has 1 unspecified atom stereocenters. The lowest BCUT2D eigenvalue weighted by Gasteiger charge is -2.43. The molecule has 140 valence electrons. The van der Waals surface area contributed by atoms with Crippen molar-refractivity contribution in [2.24, 2.45) is 0 Å². The van der Waals surface area contributed by atoms with E-state index < -0.39 is 0 Å². The van der Waals surface area contributed by atoms with Crippen molar-refractivity contribution in [2.75, 3.05) is 44.3 Å². The number of carbonyl (C=O) groups is 2. The quantitative estimate of drug-likeness (QED) is 0.837. The number of hydrogen-bond donors (Lipinski definition) is 1. The van der Waals surface area contributed by atoms with Gasteiger partial charge in [0.05, 0.1) is 24.8 Å². The molecule has 4 heterocycles. The number of H-pyrrole nitrogens is 1. The molecule has 1 atom stereocenters. The lowest BCUT2D eigenvalue weighted by atomic mass is 9.94. The summed E-state index contributed by atoms with van der Waals surface area (Å²) in [5.74, 6) is -0.00468. The molecule has 1 aromatic rings. The van der Waals surface area contributed by atoms with E-state index in [0.29, 0.717) is 50.8 Å². The molecule has 0 radical (unpaired) electrons. The van der Waals surface area contributed by atoms with Crippen LogP contribution in [0.5, 0.6) is 0 Å². The number of piperidine rings is 1. The normalized spacial score (nSPS) is 22.9. The first-order valence-electron chi connectivity index (χ1n) is 9.21. The molecule has 0 saturated carbocycles. The molecular weight excluding hydrogens is 338 g/mol. The van der Waals surface area contributed by atoms with Crippen LogP contribution in [0.15, 0.2) is 4.79 Å². The summed E-state index contributed by atoms with van der Waals surface area (Å²) >= 11 is 0. The first kappa shape index (κ1) is 17.0. The van der Waals surface area contributed by atoms with E-state index in [2.05, 4.69) is 9.97 Å². The van der Waals surface area contributed by atoms with Crippen LogP contribution in [0.3, 0.4) is 0 Å². The second kappa shape index (κ2) is 6.71. The Morgan fingerprint density at radius 1 is 1.23 bits per heavy atom. The van der Waals surface area contributed by atoms with E-state index in [1.807, 2.05) is 6.92 Å². The number of rotatable bonds is 2. The number of ether oxygens (including phenoxy) is 1. The van der Waals surface area contributed by atoms with E-state index in [0.717, 1.165) is 19.3 Å². The SMILES string of the molecule is CCN1C(=O)N2CCCCC2c2c1nc(C(=O)N1CCOCC1)[nH]c2=O. The standard InChI is InChI=1S/C17H23N5O4/c1-2-21-14-12(11-5-3-4-6-22(11)17(21)25)15(23)19-13(18-14)16(24)20-7-9-26-10-8-20/h11H,2-10H2,1H3,(H,18,19,23). The number of morpholine rings is 1. The van der Waals surface area contributed by atoms with E-state index in [-0.39, 0.29) is 29.4 Å². The molecule has 3 amide bonds. The highest BCUT2D eigenvalue weighted by atomic mass is 16.5. The van der Waals surface area contributed by atoms with Gasteiger partial charge >= 0.3 is 6.03 Å². The molecule has 3 aliphatic rings. The monoisotopic (exact) mass is 361 g/mol. The molecule has 1 aromatic heterocycles. The second-order valence-electron chi connectivity index (χ2n) is 6.79. The number of urea groups is 1. The first-order chi connectivity index (χ1) is 12.6. The van der Waals surface area contributed by atoms with Crippen molar-refractivity contribution in [2.45, 2.75) is 32.2 Å². The summed E-state index contributed by atoms with van der Waals surface area (Å²) < 4.78 is 5.26. The van der Waals surface area contributed by atoms with Crippen LogP contribution in [0.1, 0.15) is 48.4 Å². The largest absolute Gasteiger partial charge is 0.378 e. The van der Waals surface area contributed by atoms with Gasteiger partial charge in [0.2, 0.25) is 5.82 Å². The van der Waals surface area contributed by atoms with Gasteiger partial charge in [0.15, 0.2) is 0 Å². The van der Waals surface area contributed by atoms with Gasteiger partial charge in [-0.05, 0) is 26.2 Å². The highest BCUT2D eigenvalue weighted by Gasteiger charge is 2.41. The summed E-state index contributed by atoms with van der Waals surface area (Å²) in [7, 11) is 0. The Hall–Kier alpha value is -2.42. The van der Waals surface area contributed by atoms with Gasteiger partial charge in [-0.15, -0.1) is 0 Å². The number of fused-ring (bicyclic) bond motifs is 3. The molecule has 1 N–H and O–H groups in total. The zero-order valence-electron chi connectivity index (χ0n) is 14.9. The number of aromatic nitrogens is 2. The van der Waals surface area contributed by atoms with E-state index in [4.69, 9.17) is 4.74 Å². The van der Waals surface area contributed by atoms with E-state index in [9.17, 15) is 14.4 Å². The summed E-state index contributed by atoms with van der Waals surface area (Å²) in [5.41, 5.74) is 0.180. The molecule has 4 rings (SSSR count). The summed E-state index contributed by atoms with van der Waals surface area (Å²) in [6.07, 6.45) is 2.65. The topological polar surface area (TPSA) is 98.8 Å². The van der Waals surface area contributed by atoms with E-state index in [1.54, 1.807) is 9.80 Å².